The van der Waals surface area contributed by atoms with Crippen molar-refractivity contribution in [2.45, 2.75) is 33.2 Å². The van der Waals surface area contributed by atoms with Crippen molar-refractivity contribution >= 4 is 17.0 Å². The van der Waals surface area contributed by atoms with E-state index in [4.69, 9.17) is 0 Å². The Kier molecular flexibility index (Phi) is 4.46. The van der Waals surface area contributed by atoms with E-state index in [1.54, 1.807) is 11.3 Å². The molecule has 2 nitrogen and oxygen atoms in total. The molecule has 1 saturated heterocycles. The summed E-state index contributed by atoms with van der Waals surface area (Å²) in [4.78, 5) is 2.53. The third-order valence-corrected chi connectivity index (χ3v) is 4.02. The highest BCUT2D eigenvalue weighted by Gasteiger charge is 2.24. The molecule has 1 aliphatic heterocycles. The summed E-state index contributed by atoms with van der Waals surface area (Å²) in [5.41, 5.74) is 1.40. The first kappa shape index (κ1) is 12.9. The van der Waals surface area contributed by atoms with Gasteiger partial charge in [0.05, 0.1) is 0 Å². The quantitative estimate of drug-likeness (QED) is 0.885. The van der Waals surface area contributed by atoms with Gasteiger partial charge in [-0.05, 0) is 36.2 Å². The van der Waals surface area contributed by atoms with Crippen LogP contribution in [0.15, 0.2) is 16.8 Å². The summed E-state index contributed by atoms with van der Waals surface area (Å²) >= 11 is 1.79. The zero-order valence-corrected chi connectivity index (χ0v) is 12.0. The van der Waals surface area contributed by atoms with Crippen LogP contribution in [0, 0.1) is 11.8 Å². The fourth-order valence-electron chi connectivity index (χ4n) is 2.55. The van der Waals surface area contributed by atoms with Gasteiger partial charge in [-0.1, -0.05) is 20.8 Å². The summed E-state index contributed by atoms with van der Waals surface area (Å²) in [7, 11) is 0. The third-order valence-electron chi connectivity index (χ3n) is 3.35. The fraction of sp³-hybridized carbons (Fsp3) is 0.714. The Bertz CT molecular complexity index is 321. The van der Waals surface area contributed by atoms with Gasteiger partial charge in [0.15, 0.2) is 0 Å². The molecule has 0 bridgehead atoms. The van der Waals surface area contributed by atoms with E-state index in [1.807, 2.05) is 0 Å². The third kappa shape index (κ3) is 3.71. The second kappa shape index (κ2) is 5.87. The van der Waals surface area contributed by atoms with E-state index in [0.717, 1.165) is 24.9 Å². The van der Waals surface area contributed by atoms with Crippen LogP contribution in [0.4, 0.5) is 5.69 Å². The predicted octanol–water partition coefficient (Wildman–Crippen LogP) is 3.21. The van der Waals surface area contributed by atoms with Crippen molar-refractivity contribution in [2.24, 2.45) is 11.8 Å². The molecule has 0 amide bonds. The van der Waals surface area contributed by atoms with E-state index in [0.29, 0.717) is 6.04 Å². The fourth-order valence-corrected chi connectivity index (χ4v) is 3.21. The highest BCUT2D eigenvalue weighted by Crippen LogP contribution is 2.25. The van der Waals surface area contributed by atoms with Crippen LogP contribution in [0.25, 0.3) is 0 Å². The maximum atomic E-state index is 3.71. The lowest BCUT2D eigenvalue weighted by molar-refractivity contribution is 0.340. The van der Waals surface area contributed by atoms with Crippen molar-refractivity contribution in [3.8, 4) is 0 Å². The lowest BCUT2D eigenvalue weighted by atomic mass is 9.95. The summed E-state index contributed by atoms with van der Waals surface area (Å²) in [5.74, 6) is 1.52. The van der Waals surface area contributed by atoms with Crippen LogP contribution < -0.4 is 10.2 Å². The number of thiophene rings is 1. The van der Waals surface area contributed by atoms with Gasteiger partial charge in [-0.3, -0.25) is 0 Å². The van der Waals surface area contributed by atoms with E-state index >= 15 is 0 Å². The maximum Gasteiger partial charge on any atom is 0.0475 e. The first-order valence-electron chi connectivity index (χ1n) is 6.65. The van der Waals surface area contributed by atoms with Crippen molar-refractivity contribution < 1.29 is 0 Å². The van der Waals surface area contributed by atoms with Crippen LogP contribution in [0.1, 0.15) is 27.2 Å². The Morgan fingerprint density at radius 3 is 2.94 bits per heavy atom. The first-order chi connectivity index (χ1) is 8.15. The number of nitrogens with one attached hydrogen (secondary N) is 1. The van der Waals surface area contributed by atoms with Gasteiger partial charge in [0.25, 0.3) is 0 Å². The highest BCUT2D eigenvalue weighted by atomic mass is 32.1. The highest BCUT2D eigenvalue weighted by molar-refractivity contribution is 7.08. The molecule has 0 aliphatic carbocycles. The summed E-state index contributed by atoms with van der Waals surface area (Å²) < 4.78 is 0. The molecule has 96 valence electrons. The Labute approximate surface area is 109 Å². The van der Waals surface area contributed by atoms with Crippen molar-refractivity contribution in [3.05, 3.63) is 16.8 Å². The minimum absolute atomic E-state index is 0.654. The first-order valence-corrected chi connectivity index (χ1v) is 7.60. The zero-order valence-electron chi connectivity index (χ0n) is 11.1. The van der Waals surface area contributed by atoms with Crippen LogP contribution in [-0.2, 0) is 0 Å². The molecule has 1 aromatic heterocycles. The van der Waals surface area contributed by atoms with Crippen LogP contribution >= 0.6 is 11.3 Å². The molecule has 1 fully saturated rings. The van der Waals surface area contributed by atoms with Gasteiger partial charge in [0.2, 0.25) is 0 Å². The minimum Gasteiger partial charge on any atom is -0.369 e. The van der Waals surface area contributed by atoms with Crippen LogP contribution in [0.2, 0.25) is 0 Å². The lowest BCUT2D eigenvalue weighted by Gasteiger charge is -2.38. The molecule has 0 aromatic carbocycles. The van der Waals surface area contributed by atoms with E-state index in [1.165, 1.54) is 18.7 Å². The number of rotatable bonds is 4. The van der Waals surface area contributed by atoms with E-state index in [-0.39, 0.29) is 0 Å². The molecule has 2 atom stereocenters. The van der Waals surface area contributed by atoms with Crippen molar-refractivity contribution in [1.82, 2.24) is 5.32 Å². The largest absolute Gasteiger partial charge is 0.369 e. The summed E-state index contributed by atoms with van der Waals surface area (Å²) in [5, 5.41) is 8.14. The second-order valence-corrected chi connectivity index (χ2v) is 6.51. The molecule has 3 heteroatoms. The topological polar surface area (TPSA) is 15.3 Å². The molecule has 2 heterocycles. The van der Waals surface area contributed by atoms with E-state index in [9.17, 15) is 0 Å². The molecule has 0 spiro atoms. The molecule has 0 radical (unpaired) electrons. The molecule has 1 aliphatic rings. The van der Waals surface area contributed by atoms with Gasteiger partial charge in [-0.15, -0.1) is 0 Å². The Morgan fingerprint density at radius 2 is 2.29 bits per heavy atom. The standard InChI is InChI=1S/C14H24N2S/c1-11(2)7-15-13-6-12(3)8-16(9-13)14-4-5-17-10-14/h4-5,10-13,15H,6-9H2,1-3H3. The number of nitrogens with zero attached hydrogens (tertiary/aromatic N) is 1. The SMILES string of the molecule is CC(C)CNC1CC(C)CN(c2ccsc2)C1. The normalized spacial score (nSPS) is 25.5. The summed E-state index contributed by atoms with van der Waals surface area (Å²) in [6, 6.07) is 2.89. The monoisotopic (exact) mass is 252 g/mol. The Balaban J connectivity index is 1.92. The number of anilines is 1. The Hall–Kier alpha value is -0.540. The van der Waals surface area contributed by atoms with Crippen molar-refractivity contribution in [2.75, 3.05) is 24.5 Å². The van der Waals surface area contributed by atoms with Gasteiger partial charge in [0.1, 0.15) is 0 Å². The van der Waals surface area contributed by atoms with Gasteiger partial charge in [-0.2, -0.15) is 11.3 Å². The molecule has 17 heavy (non-hydrogen) atoms. The van der Waals surface area contributed by atoms with Crippen LogP contribution in [0.3, 0.4) is 0 Å². The molecule has 2 rings (SSSR count). The number of piperidine rings is 1. The van der Waals surface area contributed by atoms with Crippen molar-refractivity contribution in [3.63, 3.8) is 0 Å². The summed E-state index contributed by atoms with van der Waals surface area (Å²) in [6.45, 7) is 10.4. The van der Waals surface area contributed by atoms with Crippen LogP contribution in [-0.4, -0.2) is 25.7 Å². The maximum absolute atomic E-state index is 3.71. The molecule has 0 saturated carbocycles. The van der Waals surface area contributed by atoms with Gasteiger partial charge in [-0.25, -0.2) is 0 Å². The average Bonchev–Trinajstić information content (AvgIpc) is 2.79. The predicted molar refractivity (Wildman–Crippen MR) is 76.9 cm³/mol. The lowest BCUT2D eigenvalue weighted by Crippen LogP contribution is -2.49. The van der Waals surface area contributed by atoms with E-state index in [2.05, 4.69) is 47.8 Å². The van der Waals surface area contributed by atoms with Gasteiger partial charge >= 0.3 is 0 Å². The van der Waals surface area contributed by atoms with Crippen molar-refractivity contribution in [1.29, 1.82) is 0 Å². The van der Waals surface area contributed by atoms with E-state index < -0.39 is 0 Å². The molecular weight excluding hydrogens is 228 g/mol. The molecule has 2 unspecified atom stereocenters. The minimum atomic E-state index is 0.654. The van der Waals surface area contributed by atoms with Gasteiger partial charge < -0.3 is 10.2 Å². The Morgan fingerprint density at radius 1 is 1.47 bits per heavy atom. The smallest absolute Gasteiger partial charge is 0.0475 e. The number of hydrogen-bond donors (Lipinski definition) is 1. The summed E-state index contributed by atoms with van der Waals surface area (Å²) in [6.07, 6.45) is 1.31. The second-order valence-electron chi connectivity index (χ2n) is 5.73. The van der Waals surface area contributed by atoms with Crippen LogP contribution in [0.5, 0.6) is 0 Å². The average molecular weight is 252 g/mol. The molecule has 1 N–H and O–H groups in total. The molecular formula is C14H24N2S. The zero-order chi connectivity index (χ0) is 12.3. The van der Waals surface area contributed by atoms with Gasteiger partial charge in [0, 0.05) is 30.2 Å². The number of hydrogen-bond acceptors (Lipinski definition) is 3. The molecule has 1 aromatic rings.